The average Bonchev–Trinajstić information content (AvgIpc) is 2.64. The standard InChI is InChI=1S/C19H16FN3O/c1-2-13-6-11-22-17(12-13)19(24)23-16-5-3-4-15(18(16)20)14-7-9-21-10-8-14/h3-12H,2H2,1H3,(H,23,24). The van der Waals surface area contributed by atoms with Crippen molar-refractivity contribution >= 4 is 11.6 Å². The van der Waals surface area contributed by atoms with Crippen LogP contribution in [0, 0.1) is 5.82 Å². The summed E-state index contributed by atoms with van der Waals surface area (Å²) in [5.74, 6) is -0.917. The van der Waals surface area contributed by atoms with Gasteiger partial charge in [0.15, 0.2) is 5.82 Å². The normalized spacial score (nSPS) is 10.4. The molecule has 0 saturated heterocycles. The highest BCUT2D eigenvalue weighted by atomic mass is 19.1. The van der Waals surface area contributed by atoms with Gasteiger partial charge in [0.25, 0.3) is 5.91 Å². The molecule has 120 valence electrons. The number of nitrogens with one attached hydrogen (secondary N) is 1. The van der Waals surface area contributed by atoms with E-state index in [1.54, 1.807) is 48.9 Å². The molecule has 0 aliphatic rings. The summed E-state index contributed by atoms with van der Waals surface area (Å²) < 4.78 is 14.7. The maximum atomic E-state index is 14.7. The number of pyridine rings is 2. The molecule has 0 spiro atoms. The van der Waals surface area contributed by atoms with Crippen molar-refractivity contribution in [3.8, 4) is 11.1 Å². The molecule has 0 aliphatic heterocycles. The zero-order chi connectivity index (χ0) is 16.9. The highest BCUT2D eigenvalue weighted by molar-refractivity contribution is 6.03. The van der Waals surface area contributed by atoms with Crippen LogP contribution in [0.15, 0.2) is 61.1 Å². The molecular formula is C19H16FN3O. The van der Waals surface area contributed by atoms with E-state index in [1.165, 1.54) is 6.07 Å². The maximum absolute atomic E-state index is 14.7. The van der Waals surface area contributed by atoms with Crippen LogP contribution in [-0.2, 0) is 6.42 Å². The van der Waals surface area contributed by atoms with Gasteiger partial charge >= 0.3 is 0 Å². The molecule has 0 saturated carbocycles. The zero-order valence-electron chi connectivity index (χ0n) is 13.2. The van der Waals surface area contributed by atoms with Gasteiger partial charge in [-0.15, -0.1) is 0 Å². The van der Waals surface area contributed by atoms with Crippen molar-refractivity contribution in [2.75, 3.05) is 5.32 Å². The van der Waals surface area contributed by atoms with Gasteiger partial charge in [-0.25, -0.2) is 4.39 Å². The summed E-state index contributed by atoms with van der Waals surface area (Å²) in [6, 6.07) is 11.9. The van der Waals surface area contributed by atoms with Crippen LogP contribution in [0.4, 0.5) is 10.1 Å². The Bertz CT molecular complexity index is 865. The van der Waals surface area contributed by atoms with E-state index in [-0.39, 0.29) is 11.4 Å². The molecule has 4 nitrogen and oxygen atoms in total. The van der Waals surface area contributed by atoms with E-state index in [0.717, 1.165) is 12.0 Å². The molecule has 24 heavy (non-hydrogen) atoms. The van der Waals surface area contributed by atoms with Gasteiger partial charge in [0.1, 0.15) is 5.69 Å². The first-order valence-corrected chi connectivity index (χ1v) is 7.64. The first-order valence-electron chi connectivity index (χ1n) is 7.64. The summed E-state index contributed by atoms with van der Waals surface area (Å²) >= 11 is 0. The Hall–Kier alpha value is -3.08. The second-order valence-corrected chi connectivity index (χ2v) is 5.26. The molecule has 0 bridgehead atoms. The Morgan fingerprint density at radius 1 is 1.12 bits per heavy atom. The van der Waals surface area contributed by atoms with Gasteiger partial charge in [-0.05, 0) is 47.9 Å². The van der Waals surface area contributed by atoms with Gasteiger partial charge in [0.2, 0.25) is 0 Å². The SMILES string of the molecule is CCc1ccnc(C(=O)Nc2cccc(-c3ccncc3)c2F)c1. The van der Waals surface area contributed by atoms with E-state index in [9.17, 15) is 9.18 Å². The van der Waals surface area contributed by atoms with E-state index < -0.39 is 11.7 Å². The smallest absolute Gasteiger partial charge is 0.274 e. The summed E-state index contributed by atoms with van der Waals surface area (Å²) in [4.78, 5) is 20.3. The molecule has 2 aromatic heterocycles. The number of hydrogen-bond acceptors (Lipinski definition) is 3. The third-order valence-corrected chi connectivity index (χ3v) is 3.70. The minimum Gasteiger partial charge on any atom is -0.318 e. The van der Waals surface area contributed by atoms with Crippen molar-refractivity contribution in [2.45, 2.75) is 13.3 Å². The molecule has 1 amide bonds. The predicted octanol–water partition coefficient (Wildman–Crippen LogP) is 4.10. The number of halogens is 1. The Morgan fingerprint density at radius 3 is 2.67 bits per heavy atom. The summed E-state index contributed by atoms with van der Waals surface area (Å²) in [6.45, 7) is 1.99. The molecule has 0 atom stereocenters. The van der Waals surface area contributed by atoms with Crippen molar-refractivity contribution < 1.29 is 9.18 Å². The van der Waals surface area contributed by atoms with E-state index in [0.29, 0.717) is 11.1 Å². The summed E-state index contributed by atoms with van der Waals surface area (Å²) in [7, 11) is 0. The first-order chi connectivity index (χ1) is 11.7. The van der Waals surface area contributed by atoms with Gasteiger partial charge in [0.05, 0.1) is 5.69 Å². The van der Waals surface area contributed by atoms with Gasteiger partial charge < -0.3 is 5.32 Å². The summed E-state index contributed by atoms with van der Waals surface area (Å²) in [5, 5.41) is 2.60. The fraction of sp³-hybridized carbons (Fsp3) is 0.105. The Morgan fingerprint density at radius 2 is 1.92 bits per heavy atom. The van der Waals surface area contributed by atoms with Gasteiger partial charge in [-0.3, -0.25) is 14.8 Å². The number of benzene rings is 1. The lowest BCUT2D eigenvalue weighted by Crippen LogP contribution is -2.15. The number of aromatic nitrogens is 2. The fourth-order valence-electron chi connectivity index (χ4n) is 2.39. The highest BCUT2D eigenvalue weighted by Gasteiger charge is 2.14. The lowest BCUT2D eigenvalue weighted by molar-refractivity contribution is 0.102. The molecule has 0 unspecified atom stereocenters. The van der Waals surface area contributed by atoms with Crippen LogP contribution in [0.25, 0.3) is 11.1 Å². The van der Waals surface area contributed by atoms with E-state index in [4.69, 9.17) is 0 Å². The van der Waals surface area contributed by atoms with Crippen LogP contribution in [0.5, 0.6) is 0 Å². The number of hydrogen-bond donors (Lipinski definition) is 1. The number of aryl methyl sites for hydroxylation is 1. The van der Waals surface area contributed by atoms with Crippen LogP contribution in [0.1, 0.15) is 23.0 Å². The van der Waals surface area contributed by atoms with E-state index in [2.05, 4.69) is 15.3 Å². The Labute approximate surface area is 139 Å². The second-order valence-electron chi connectivity index (χ2n) is 5.26. The molecular weight excluding hydrogens is 305 g/mol. The third kappa shape index (κ3) is 3.30. The lowest BCUT2D eigenvalue weighted by atomic mass is 10.1. The van der Waals surface area contributed by atoms with Crippen molar-refractivity contribution in [3.05, 3.63) is 78.1 Å². The Kier molecular flexibility index (Phi) is 4.61. The van der Waals surface area contributed by atoms with Gasteiger partial charge in [0, 0.05) is 24.2 Å². The van der Waals surface area contributed by atoms with Gasteiger partial charge in [-0.2, -0.15) is 0 Å². The molecule has 0 aliphatic carbocycles. The number of rotatable bonds is 4. The fourth-order valence-corrected chi connectivity index (χ4v) is 2.39. The van der Waals surface area contributed by atoms with Crippen LogP contribution in [0.3, 0.4) is 0 Å². The zero-order valence-corrected chi connectivity index (χ0v) is 13.2. The third-order valence-electron chi connectivity index (χ3n) is 3.70. The summed E-state index contributed by atoms with van der Waals surface area (Å²) in [6.07, 6.45) is 5.58. The largest absolute Gasteiger partial charge is 0.318 e. The van der Waals surface area contributed by atoms with Crippen LogP contribution < -0.4 is 5.32 Å². The molecule has 2 heterocycles. The van der Waals surface area contributed by atoms with Crippen molar-refractivity contribution in [1.29, 1.82) is 0 Å². The molecule has 1 aromatic carbocycles. The quantitative estimate of drug-likeness (QED) is 0.787. The molecule has 3 rings (SSSR count). The average molecular weight is 321 g/mol. The number of carbonyl (C=O) groups excluding carboxylic acids is 1. The van der Waals surface area contributed by atoms with Crippen molar-refractivity contribution in [3.63, 3.8) is 0 Å². The molecule has 0 radical (unpaired) electrons. The predicted molar refractivity (Wildman–Crippen MR) is 91.2 cm³/mol. The molecule has 0 fully saturated rings. The van der Waals surface area contributed by atoms with Gasteiger partial charge in [-0.1, -0.05) is 19.1 Å². The van der Waals surface area contributed by atoms with Crippen molar-refractivity contribution in [1.82, 2.24) is 9.97 Å². The summed E-state index contributed by atoms with van der Waals surface area (Å²) in [5.41, 5.74) is 2.50. The maximum Gasteiger partial charge on any atom is 0.274 e. The first kappa shape index (κ1) is 15.8. The molecule has 5 heteroatoms. The minimum atomic E-state index is -0.483. The number of nitrogens with zero attached hydrogens (tertiary/aromatic N) is 2. The van der Waals surface area contributed by atoms with Crippen molar-refractivity contribution in [2.24, 2.45) is 0 Å². The van der Waals surface area contributed by atoms with Crippen LogP contribution in [-0.4, -0.2) is 15.9 Å². The second kappa shape index (κ2) is 7.00. The van der Waals surface area contributed by atoms with E-state index >= 15 is 0 Å². The van der Waals surface area contributed by atoms with Crippen LogP contribution in [0.2, 0.25) is 0 Å². The molecule has 1 N–H and O–H groups in total. The monoisotopic (exact) mass is 321 g/mol. The van der Waals surface area contributed by atoms with E-state index in [1.807, 2.05) is 13.0 Å². The Balaban J connectivity index is 1.89. The van der Waals surface area contributed by atoms with Crippen LogP contribution >= 0.6 is 0 Å². The number of anilines is 1. The number of carbonyl (C=O) groups is 1. The minimum absolute atomic E-state index is 0.123. The lowest BCUT2D eigenvalue weighted by Gasteiger charge is -2.10. The topological polar surface area (TPSA) is 54.9 Å². The number of amides is 1. The molecule has 3 aromatic rings. The highest BCUT2D eigenvalue weighted by Crippen LogP contribution is 2.27.